The molecule has 0 saturated heterocycles. The van der Waals surface area contributed by atoms with Crippen molar-refractivity contribution in [1.82, 2.24) is 0 Å². The highest BCUT2D eigenvalue weighted by molar-refractivity contribution is 7.47. The zero-order chi connectivity index (χ0) is 78.9. The van der Waals surface area contributed by atoms with E-state index in [9.17, 15) is 43.2 Å². The molecule has 108 heavy (non-hydrogen) atoms. The van der Waals surface area contributed by atoms with Gasteiger partial charge >= 0.3 is 39.5 Å². The Morgan fingerprint density at radius 1 is 0.269 bits per heavy atom. The first-order chi connectivity index (χ1) is 52.7. The highest BCUT2D eigenvalue weighted by Gasteiger charge is 2.30. The van der Waals surface area contributed by atoms with Crippen LogP contribution in [-0.4, -0.2) is 96.7 Å². The van der Waals surface area contributed by atoms with Crippen molar-refractivity contribution in [3.63, 3.8) is 0 Å². The summed E-state index contributed by atoms with van der Waals surface area (Å²) in [5, 5.41) is 10.7. The van der Waals surface area contributed by atoms with Crippen LogP contribution in [0.4, 0.5) is 0 Å². The molecule has 0 aromatic rings. The average Bonchev–Trinajstić information content (AvgIpc) is 0.886. The molecular weight excluding hydrogens is 1400 g/mol. The molecule has 3 N–H and O–H groups in total. The summed E-state index contributed by atoms with van der Waals surface area (Å²) in [5.41, 5.74) is 0. The molecule has 0 aromatic heterocycles. The minimum atomic E-state index is -5.00. The molecule has 17 nitrogen and oxygen atoms in total. The van der Waals surface area contributed by atoms with Gasteiger partial charge in [0.15, 0.2) is 12.2 Å². The maximum Gasteiger partial charge on any atom is 0.472 e. The van der Waals surface area contributed by atoms with Gasteiger partial charge in [-0.05, 0) is 167 Å². The fraction of sp³-hybridized carbons (Fsp3) is 0.640. The van der Waals surface area contributed by atoms with Crippen LogP contribution in [0.2, 0.25) is 0 Å². The first kappa shape index (κ1) is 102. The van der Waals surface area contributed by atoms with Gasteiger partial charge in [-0.25, -0.2) is 9.13 Å². The van der Waals surface area contributed by atoms with Crippen molar-refractivity contribution in [3.8, 4) is 0 Å². The molecule has 5 unspecified atom stereocenters. The lowest BCUT2D eigenvalue weighted by atomic mass is 10.1. The van der Waals surface area contributed by atoms with Gasteiger partial charge in [-0.2, -0.15) is 0 Å². The SMILES string of the molecule is CC/C=C\C/C=C\C/C=C\C/C=C\C/C=C\CCCCCC(=O)OCC(COP(=O)(O)OCC(O)COP(=O)(O)OCC(COC(=O)CCCCCCCC/C=C\C/C=C\C/C=C\C/C=C\CC)OC(=O)CCCCCCC/C=C\C/C=C\CCC)OC(=O)CCCCCCCCC/C=C\C/C=C\C/C=C\CC. The summed E-state index contributed by atoms with van der Waals surface area (Å²) in [6.07, 6.45) is 94.6. The van der Waals surface area contributed by atoms with Crippen LogP contribution in [0.15, 0.2) is 170 Å². The van der Waals surface area contributed by atoms with E-state index in [0.717, 1.165) is 231 Å². The molecule has 614 valence electrons. The predicted molar refractivity (Wildman–Crippen MR) is 445 cm³/mol. The Balaban J connectivity index is 5.42. The lowest BCUT2D eigenvalue weighted by Crippen LogP contribution is -2.30. The quantitative estimate of drug-likeness (QED) is 0.0169. The molecule has 0 saturated carbocycles. The molecule has 0 heterocycles. The van der Waals surface area contributed by atoms with Crippen LogP contribution in [0.5, 0.6) is 0 Å². The number of hydrogen-bond acceptors (Lipinski definition) is 15. The average molecular weight is 1550 g/mol. The van der Waals surface area contributed by atoms with E-state index in [1.807, 2.05) is 0 Å². The molecule has 0 aromatic carbocycles. The summed E-state index contributed by atoms with van der Waals surface area (Å²) in [4.78, 5) is 73.2. The van der Waals surface area contributed by atoms with Gasteiger partial charge in [0.05, 0.1) is 26.4 Å². The second-order valence-electron chi connectivity index (χ2n) is 26.9. The molecular formula is C89H146O17P2. The smallest absolute Gasteiger partial charge is 0.462 e. The van der Waals surface area contributed by atoms with Crippen molar-refractivity contribution >= 4 is 39.5 Å². The number of ether oxygens (including phenoxy) is 4. The van der Waals surface area contributed by atoms with E-state index in [1.165, 1.54) is 0 Å². The van der Waals surface area contributed by atoms with Gasteiger partial charge in [-0.15, -0.1) is 0 Å². The maximum atomic E-state index is 13.1. The number of rotatable bonds is 76. The van der Waals surface area contributed by atoms with E-state index in [1.54, 1.807) is 0 Å². The van der Waals surface area contributed by atoms with Gasteiger partial charge < -0.3 is 33.8 Å². The number of phosphoric ester groups is 2. The Hall–Kier alpha value is -5.58. The maximum absolute atomic E-state index is 13.1. The van der Waals surface area contributed by atoms with Crippen LogP contribution >= 0.6 is 15.6 Å². The Labute approximate surface area is 654 Å². The molecule has 0 aliphatic rings. The summed E-state index contributed by atoms with van der Waals surface area (Å²) in [6, 6.07) is 0. The molecule has 0 aliphatic carbocycles. The van der Waals surface area contributed by atoms with Crippen molar-refractivity contribution in [2.75, 3.05) is 39.6 Å². The number of unbranched alkanes of at least 4 members (excludes halogenated alkanes) is 22. The minimum Gasteiger partial charge on any atom is -0.462 e. The Morgan fingerprint density at radius 3 is 0.750 bits per heavy atom. The van der Waals surface area contributed by atoms with E-state index in [-0.39, 0.29) is 25.7 Å². The van der Waals surface area contributed by atoms with Gasteiger partial charge in [-0.3, -0.25) is 37.3 Å². The van der Waals surface area contributed by atoms with Gasteiger partial charge in [0.2, 0.25) is 0 Å². The minimum absolute atomic E-state index is 0.0693. The number of allylic oxidation sites excluding steroid dienone is 28. The molecule has 0 spiro atoms. The lowest BCUT2D eigenvalue weighted by molar-refractivity contribution is -0.161. The largest absolute Gasteiger partial charge is 0.472 e. The molecule has 0 bridgehead atoms. The third kappa shape index (κ3) is 78.5. The van der Waals surface area contributed by atoms with Crippen molar-refractivity contribution in [3.05, 3.63) is 170 Å². The van der Waals surface area contributed by atoms with Crippen LogP contribution in [0, 0.1) is 0 Å². The summed E-state index contributed by atoms with van der Waals surface area (Å²) in [7, 11) is -10.00. The van der Waals surface area contributed by atoms with Gasteiger partial charge in [0, 0.05) is 25.7 Å². The molecule has 0 amide bonds. The standard InChI is InChI=1S/C89H146O17P2/c1-5-9-13-17-21-25-29-33-36-39-41-44-46-50-53-57-61-65-69-73-86(91)99-79-84(105-88(93)75-71-67-63-59-55-49-32-28-24-20-16-12-8-4)81-103-107(95,96)101-77-83(90)78-102-108(97,98)104-82-85(106-89(94)76-72-68-64-60-56-52-48-43-38-35-31-27-23-19-15-11-7-3)80-100-87(92)74-70-66-62-58-54-51-47-45-42-40-37-34-30-26-22-18-14-10-6-2/h9-11,13-16,20-23,25-28,32-38,41-42,44-45,51,54,83-85,90H,5-8,12,17-19,24,29-31,39-40,43,46-50,52-53,55-82H2,1-4H3,(H,95,96)(H,97,98)/b13-9-,14-10-,15-11-,20-16-,25-21-,26-22-,27-23-,32-28-,36-33-,37-34-,38-35-,44-41-,45-42-,54-51-. The predicted octanol–water partition coefficient (Wildman–Crippen LogP) is 24.6. The summed E-state index contributed by atoms with van der Waals surface area (Å²) < 4.78 is 68.7. The van der Waals surface area contributed by atoms with Crippen molar-refractivity contribution in [2.24, 2.45) is 0 Å². The number of carbonyl (C=O) groups is 4. The van der Waals surface area contributed by atoms with Gasteiger partial charge in [0.25, 0.3) is 0 Å². The second kappa shape index (κ2) is 79.5. The highest BCUT2D eigenvalue weighted by Crippen LogP contribution is 2.45. The van der Waals surface area contributed by atoms with Gasteiger partial charge in [0.1, 0.15) is 19.3 Å². The summed E-state index contributed by atoms with van der Waals surface area (Å²) >= 11 is 0. The van der Waals surface area contributed by atoms with E-state index >= 15 is 0 Å². The third-order valence-electron chi connectivity index (χ3n) is 16.6. The number of carbonyl (C=O) groups excluding carboxylic acids is 4. The Bertz CT molecular complexity index is 2710. The monoisotopic (exact) mass is 1550 g/mol. The van der Waals surface area contributed by atoms with E-state index < -0.39 is 97.5 Å². The molecule has 0 aliphatic heterocycles. The Kier molecular flexibility index (Phi) is 75.4. The summed E-state index contributed by atoms with van der Waals surface area (Å²) in [6.45, 7) is 4.40. The van der Waals surface area contributed by atoms with Crippen LogP contribution in [-0.2, 0) is 65.4 Å². The fourth-order valence-electron chi connectivity index (χ4n) is 10.5. The molecule has 19 heteroatoms. The molecule has 0 radical (unpaired) electrons. The first-order valence-electron chi connectivity index (χ1n) is 41.4. The number of aliphatic hydroxyl groups is 1. The van der Waals surface area contributed by atoms with E-state index in [4.69, 9.17) is 37.0 Å². The van der Waals surface area contributed by atoms with Crippen LogP contribution in [0.3, 0.4) is 0 Å². The lowest BCUT2D eigenvalue weighted by Gasteiger charge is -2.21. The van der Waals surface area contributed by atoms with Crippen LogP contribution in [0.1, 0.15) is 310 Å². The van der Waals surface area contributed by atoms with Crippen LogP contribution in [0.25, 0.3) is 0 Å². The molecule has 0 fully saturated rings. The van der Waals surface area contributed by atoms with E-state index in [0.29, 0.717) is 25.7 Å². The van der Waals surface area contributed by atoms with Crippen LogP contribution < -0.4 is 0 Å². The fourth-order valence-corrected chi connectivity index (χ4v) is 12.0. The molecule has 5 atom stereocenters. The number of esters is 4. The molecule has 0 rings (SSSR count). The topological polar surface area (TPSA) is 237 Å². The third-order valence-corrected chi connectivity index (χ3v) is 18.5. The van der Waals surface area contributed by atoms with Crippen molar-refractivity contribution in [1.29, 1.82) is 0 Å². The van der Waals surface area contributed by atoms with Crippen molar-refractivity contribution < 1.29 is 80.2 Å². The number of phosphoric acid groups is 2. The van der Waals surface area contributed by atoms with E-state index in [2.05, 4.69) is 198 Å². The number of aliphatic hydroxyl groups excluding tert-OH is 1. The van der Waals surface area contributed by atoms with Gasteiger partial charge in [-0.1, -0.05) is 288 Å². The van der Waals surface area contributed by atoms with Crippen molar-refractivity contribution in [2.45, 2.75) is 329 Å². The first-order valence-corrected chi connectivity index (χ1v) is 44.4. The highest BCUT2D eigenvalue weighted by atomic mass is 31.2. The number of hydrogen-bond donors (Lipinski definition) is 3. The Morgan fingerprint density at radius 2 is 0.481 bits per heavy atom. The zero-order valence-corrected chi connectivity index (χ0v) is 69.0. The normalized spacial score (nSPS) is 14.7. The summed E-state index contributed by atoms with van der Waals surface area (Å²) in [5.74, 6) is -2.26. The zero-order valence-electron chi connectivity index (χ0n) is 67.2. The second-order valence-corrected chi connectivity index (χ2v) is 29.8.